The van der Waals surface area contributed by atoms with Crippen LogP contribution in [0.3, 0.4) is 0 Å². The predicted molar refractivity (Wildman–Crippen MR) is 129 cm³/mol. The van der Waals surface area contributed by atoms with E-state index in [-0.39, 0.29) is 36.4 Å². The van der Waals surface area contributed by atoms with Crippen molar-refractivity contribution in [2.24, 2.45) is 16.8 Å². The van der Waals surface area contributed by atoms with Crippen molar-refractivity contribution in [1.82, 2.24) is 15.5 Å². The van der Waals surface area contributed by atoms with Crippen molar-refractivity contribution in [2.75, 3.05) is 38.6 Å². The molecule has 1 amide bonds. The Balaban J connectivity index is 0.00000240. The monoisotopic (exact) mass is 511 g/mol. The topological polar surface area (TPSA) is 60.0 Å². The normalized spacial score (nSPS) is 28.2. The summed E-state index contributed by atoms with van der Waals surface area (Å²) in [4.78, 5) is 20.7. The Morgan fingerprint density at radius 1 is 1.14 bits per heavy atom. The molecule has 1 aliphatic heterocycles. The van der Waals surface area contributed by atoms with Crippen LogP contribution >= 0.6 is 24.0 Å². The molecule has 4 rings (SSSR count). The van der Waals surface area contributed by atoms with Gasteiger partial charge in [0.1, 0.15) is 6.54 Å². The van der Waals surface area contributed by atoms with Crippen molar-refractivity contribution in [2.45, 2.75) is 44.2 Å². The number of fused-ring (bicyclic) bond motifs is 2. The van der Waals surface area contributed by atoms with Crippen molar-refractivity contribution < 1.29 is 4.79 Å². The fourth-order valence-corrected chi connectivity index (χ4v) is 4.96. The average Bonchev–Trinajstić information content (AvgIpc) is 3.43. The van der Waals surface area contributed by atoms with E-state index in [1.165, 1.54) is 31.4 Å². The number of aliphatic imine (C=N–C) groups is 1. The zero-order chi connectivity index (χ0) is 19.5. The van der Waals surface area contributed by atoms with Gasteiger partial charge in [0.15, 0.2) is 5.96 Å². The van der Waals surface area contributed by atoms with Crippen LogP contribution in [0, 0.1) is 11.8 Å². The van der Waals surface area contributed by atoms with Gasteiger partial charge in [0.2, 0.25) is 5.91 Å². The molecule has 2 N–H and O–H groups in total. The van der Waals surface area contributed by atoms with Gasteiger partial charge in [-0.2, -0.15) is 0 Å². The van der Waals surface area contributed by atoms with Gasteiger partial charge in [0.05, 0.1) is 0 Å². The molecule has 29 heavy (non-hydrogen) atoms. The van der Waals surface area contributed by atoms with Crippen LogP contribution < -0.4 is 15.5 Å². The molecule has 4 atom stereocenters. The van der Waals surface area contributed by atoms with Gasteiger partial charge in [-0.1, -0.05) is 24.6 Å². The van der Waals surface area contributed by atoms with Gasteiger partial charge in [0.25, 0.3) is 0 Å². The standard InChI is InChI=1S/C22H33N5O.HI/c1-26(2)21(28)14-23-22(25-20-13-16-8-9-17(20)12-16)24-18-10-11-27(15-18)19-6-4-3-5-7-19;/h3-7,16-18,20H,8-15H2,1-2H3,(H2,23,24,25);1H. The largest absolute Gasteiger partial charge is 0.369 e. The molecule has 2 saturated carbocycles. The van der Waals surface area contributed by atoms with E-state index in [1.54, 1.807) is 19.0 Å². The minimum atomic E-state index is 0. The number of para-hydroxylation sites is 1. The lowest BCUT2D eigenvalue weighted by molar-refractivity contribution is -0.127. The van der Waals surface area contributed by atoms with Gasteiger partial charge >= 0.3 is 0 Å². The number of hydrogen-bond acceptors (Lipinski definition) is 3. The molecule has 3 aliphatic rings. The zero-order valence-corrected chi connectivity index (χ0v) is 19.8. The number of carbonyl (C=O) groups is 1. The number of rotatable bonds is 5. The van der Waals surface area contributed by atoms with E-state index in [1.807, 2.05) is 0 Å². The van der Waals surface area contributed by atoms with Crippen molar-refractivity contribution in [3.05, 3.63) is 30.3 Å². The Labute approximate surface area is 191 Å². The number of benzene rings is 1. The van der Waals surface area contributed by atoms with Crippen molar-refractivity contribution in [1.29, 1.82) is 0 Å². The molecule has 0 radical (unpaired) electrons. The smallest absolute Gasteiger partial charge is 0.243 e. The average molecular weight is 511 g/mol. The number of hydrogen-bond donors (Lipinski definition) is 2. The SMILES string of the molecule is CN(C)C(=O)CN=C(NC1CCN(c2ccccc2)C1)NC1CC2CCC1C2.I. The fraction of sp³-hybridized carbons (Fsp3) is 0.636. The third kappa shape index (κ3) is 5.55. The Hall–Kier alpha value is -1.51. The van der Waals surface area contributed by atoms with E-state index >= 15 is 0 Å². The van der Waals surface area contributed by atoms with Crippen LogP contribution in [0.2, 0.25) is 0 Å². The van der Waals surface area contributed by atoms with Crippen LogP contribution in [-0.2, 0) is 4.79 Å². The Morgan fingerprint density at radius 2 is 1.93 bits per heavy atom. The lowest BCUT2D eigenvalue weighted by Crippen LogP contribution is -2.50. The first-order valence-corrected chi connectivity index (χ1v) is 10.7. The molecule has 2 bridgehead atoms. The van der Waals surface area contributed by atoms with Gasteiger partial charge in [-0.25, -0.2) is 4.99 Å². The quantitative estimate of drug-likeness (QED) is 0.363. The maximum absolute atomic E-state index is 12.0. The number of carbonyl (C=O) groups excluding carboxylic acids is 1. The Kier molecular flexibility index (Phi) is 7.65. The molecule has 160 valence electrons. The Bertz CT molecular complexity index is 710. The van der Waals surface area contributed by atoms with Gasteiger partial charge in [0, 0.05) is 45.0 Å². The van der Waals surface area contributed by atoms with Gasteiger partial charge in [-0.05, 0) is 49.7 Å². The highest BCUT2D eigenvalue weighted by Crippen LogP contribution is 2.44. The van der Waals surface area contributed by atoms with E-state index in [4.69, 9.17) is 0 Å². The second kappa shape index (κ2) is 10.00. The summed E-state index contributed by atoms with van der Waals surface area (Å²) in [6.07, 6.45) is 6.39. The predicted octanol–water partition coefficient (Wildman–Crippen LogP) is 2.70. The number of likely N-dealkylation sites (N-methyl/N-ethyl adjacent to an activating group) is 1. The number of halogens is 1. The third-order valence-corrected chi connectivity index (χ3v) is 6.58. The molecule has 1 saturated heterocycles. The fourth-order valence-electron chi connectivity index (χ4n) is 4.96. The van der Waals surface area contributed by atoms with Crippen LogP contribution in [0.5, 0.6) is 0 Å². The molecular weight excluding hydrogens is 477 g/mol. The van der Waals surface area contributed by atoms with E-state index in [9.17, 15) is 4.79 Å². The summed E-state index contributed by atoms with van der Waals surface area (Å²) in [5.74, 6) is 2.50. The number of nitrogens with one attached hydrogen (secondary N) is 2. The molecular formula is C22H34IN5O. The number of nitrogens with zero attached hydrogens (tertiary/aromatic N) is 3. The minimum absolute atomic E-state index is 0. The summed E-state index contributed by atoms with van der Waals surface area (Å²) >= 11 is 0. The first-order valence-electron chi connectivity index (χ1n) is 10.7. The Morgan fingerprint density at radius 3 is 2.59 bits per heavy atom. The summed E-state index contributed by atoms with van der Waals surface area (Å²) in [6, 6.07) is 11.4. The molecule has 2 aliphatic carbocycles. The van der Waals surface area contributed by atoms with Crippen LogP contribution in [-0.4, -0.2) is 62.6 Å². The molecule has 1 aromatic carbocycles. The molecule has 4 unspecified atom stereocenters. The van der Waals surface area contributed by atoms with Crippen molar-refractivity contribution in [3.63, 3.8) is 0 Å². The summed E-state index contributed by atoms with van der Waals surface area (Å²) in [7, 11) is 3.56. The zero-order valence-electron chi connectivity index (χ0n) is 17.5. The molecule has 6 nitrogen and oxygen atoms in total. The van der Waals surface area contributed by atoms with Crippen LogP contribution in [0.15, 0.2) is 35.3 Å². The molecule has 7 heteroatoms. The van der Waals surface area contributed by atoms with Crippen LogP contribution in [0.4, 0.5) is 5.69 Å². The highest BCUT2D eigenvalue weighted by atomic mass is 127. The molecule has 1 aromatic rings. The molecule has 3 fully saturated rings. The van der Waals surface area contributed by atoms with Crippen LogP contribution in [0.1, 0.15) is 32.1 Å². The second-order valence-electron chi connectivity index (χ2n) is 8.79. The van der Waals surface area contributed by atoms with Gasteiger partial charge < -0.3 is 20.4 Å². The lowest BCUT2D eigenvalue weighted by Gasteiger charge is -2.27. The highest BCUT2D eigenvalue weighted by Gasteiger charge is 2.40. The van der Waals surface area contributed by atoms with E-state index < -0.39 is 0 Å². The molecule has 0 spiro atoms. The number of amides is 1. The highest BCUT2D eigenvalue weighted by molar-refractivity contribution is 14.0. The third-order valence-electron chi connectivity index (χ3n) is 6.58. The van der Waals surface area contributed by atoms with Gasteiger partial charge in [-0.15, -0.1) is 24.0 Å². The molecule has 1 heterocycles. The minimum Gasteiger partial charge on any atom is -0.369 e. The van der Waals surface area contributed by atoms with E-state index in [0.717, 1.165) is 37.3 Å². The van der Waals surface area contributed by atoms with Crippen molar-refractivity contribution >= 4 is 41.5 Å². The first-order chi connectivity index (χ1) is 13.6. The van der Waals surface area contributed by atoms with Crippen molar-refractivity contribution in [3.8, 4) is 0 Å². The number of guanidine groups is 1. The van der Waals surface area contributed by atoms with Gasteiger partial charge in [-0.3, -0.25) is 4.79 Å². The van der Waals surface area contributed by atoms with E-state index in [2.05, 4.69) is 50.9 Å². The summed E-state index contributed by atoms with van der Waals surface area (Å²) < 4.78 is 0. The summed E-state index contributed by atoms with van der Waals surface area (Å²) in [5.41, 5.74) is 1.27. The maximum Gasteiger partial charge on any atom is 0.243 e. The summed E-state index contributed by atoms with van der Waals surface area (Å²) in [6.45, 7) is 2.20. The number of anilines is 1. The van der Waals surface area contributed by atoms with E-state index in [0.29, 0.717) is 12.1 Å². The maximum atomic E-state index is 12.0. The first kappa shape index (κ1) is 22.2. The van der Waals surface area contributed by atoms with Crippen LogP contribution in [0.25, 0.3) is 0 Å². The summed E-state index contributed by atoms with van der Waals surface area (Å²) in [5, 5.41) is 7.30. The lowest BCUT2D eigenvalue weighted by atomic mass is 9.95. The molecule has 0 aromatic heterocycles. The second-order valence-corrected chi connectivity index (χ2v) is 8.79.